The van der Waals surface area contributed by atoms with Crippen LogP contribution < -0.4 is 9.64 Å². The zero-order valence-electron chi connectivity index (χ0n) is 30.3. The number of phenolic OH excluding ortho intramolecular Hbond substituents is 1. The molecule has 12 nitrogen and oxygen atoms in total. The predicted molar refractivity (Wildman–Crippen MR) is 207 cm³/mol. The summed E-state index contributed by atoms with van der Waals surface area (Å²) in [6.45, 7) is 6.26. The van der Waals surface area contributed by atoms with Crippen molar-refractivity contribution in [3.05, 3.63) is 101 Å². The molecule has 0 spiro atoms. The summed E-state index contributed by atoms with van der Waals surface area (Å²) in [5, 5.41) is 13.4. The number of aryl methyl sites for hydroxylation is 1. The van der Waals surface area contributed by atoms with Gasteiger partial charge in [-0.1, -0.05) is 24.3 Å². The number of methoxy groups -OCH3 is 1. The lowest BCUT2D eigenvalue weighted by atomic mass is 9.92. The first kappa shape index (κ1) is 37.3. The van der Waals surface area contributed by atoms with Gasteiger partial charge in [-0.05, 0) is 59.3 Å². The average molecular weight is 755 g/mol. The van der Waals surface area contributed by atoms with Crippen LogP contribution in [0.1, 0.15) is 43.6 Å². The number of nitrogens with one attached hydrogen (secondary N) is 1. The molecule has 7 rings (SSSR count). The van der Waals surface area contributed by atoms with Crippen LogP contribution in [-0.2, 0) is 25.4 Å². The van der Waals surface area contributed by atoms with Gasteiger partial charge in [-0.25, -0.2) is 4.98 Å². The Hall–Kier alpha value is -4.98. The molecule has 1 aliphatic rings. The van der Waals surface area contributed by atoms with Crippen LogP contribution in [0.5, 0.6) is 11.5 Å². The van der Waals surface area contributed by atoms with Gasteiger partial charge >= 0.3 is 0 Å². The number of H-pyrrole nitrogens is 1. The van der Waals surface area contributed by atoms with Crippen molar-refractivity contribution in [2.75, 3.05) is 77.3 Å². The average Bonchev–Trinajstić information content (AvgIpc) is 3.90. The van der Waals surface area contributed by atoms with Crippen LogP contribution in [0.2, 0.25) is 0 Å². The number of nitrogens with zero attached hydrogens (tertiary/aromatic N) is 3. The highest BCUT2D eigenvalue weighted by molar-refractivity contribution is 6.19. The molecule has 0 bridgehead atoms. The lowest BCUT2D eigenvalue weighted by molar-refractivity contribution is 0.000169. The number of ketones is 1. The molecular formula is C41H43ClN4O8. The number of imidazole rings is 1. The number of alkyl halides is 1. The Labute approximate surface area is 317 Å². The summed E-state index contributed by atoms with van der Waals surface area (Å²) in [6.07, 6.45) is 3.65. The highest BCUT2D eigenvalue weighted by Crippen LogP contribution is 2.46. The van der Waals surface area contributed by atoms with E-state index in [4.69, 9.17) is 35.3 Å². The highest BCUT2D eigenvalue weighted by Gasteiger charge is 2.36. The molecule has 0 fully saturated rings. The quantitative estimate of drug-likeness (QED) is 0.0575. The van der Waals surface area contributed by atoms with Gasteiger partial charge in [0.15, 0.2) is 5.78 Å². The van der Waals surface area contributed by atoms with E-state index in [2.05, 4.69) is 9.97 Å². The van der Waals surface area contributed by atoms with Gasteiger partial charge in [0.05, 0.1) is 57.6 Å². The summed E-state index contributed by atoms with van der Waals surface area (Å²) in [5.41, 5.74) is 5.55. The summed E-state index contributed by atoms with van der Waals surface area (Å²) >= 11 is 6.43. The number of aromatic nitrogens is 3. The Balaban J connectivity index is 0.950. The monoisotopic (exact) mass is 754 g/mol. The molecule has 13 heteroatoms. The van der Waals surface area contributed by atoms with E-state index in [9.17, 15) is 14.7 Å². The van der Waals surface area contributed by atoms with Crippen molar-refractivity contribution >= 4 is 56.3 Å². The van der Waals surface area contributed by atoms with E-state index < -0.39 is 0 Å². The third-order valence-electron chi connectivity index (χ3n) is 9.56. The van der Waals surface area contributed by atoms with Crippen molar-refractivity contribution in [3.8, 4) is 11.5 Å². The van der Waals surface area contributed by atoms with E-state index >= 15 is 0 Å². The van der Waals surface area contributed by atoms with Crippen LogP contribution in [0.4, 0.5) is 5.69 Å². The maximum absolute atomic E-state index is 13.9. The minimum Gasteiger partial charge on any atom is -0.507 e. The fraction of sp³-hybridized carbons (Fsp3) is 0.341. The number of fused-ring (bicyclic) bond motifs is 5. The summed E-state index contributed by atoms with van der Waals surface area (Å²) in [7, 11) is 1.64. The normalized spacial score (nSPS) is 14.1. The summed E-state index contributed by atoms with van der Waals surface area (Å²) < 4.78 is 29.0. The number of benzene rings is 3. The molecule has 0 saturated carbocycles. The fourth-order valence-electron chi connectivity index (χ4n) is 6.93. The van der Waals surface area contributed by atoms with Gasteiger partial charge < -0.3 is 43.1 Å². The molecule has 0 radical (unpaired) electrons. The third-order valence-corrected chi connectivity index (χ3v) is 9.93. The number of phenols is 1. The zero-order valence-corrected chi connectivity index (χ0v) is 31.1. The number of hydrogen-bond donors (Lipinski definition) is 2. The third kappa shape index (κ3) is 8.08. The number of aromatic amines is 1. The Bertz CT molecular complexity index is 2280. The lowest BCUT2D eigenvalue weighted by Crippen LogP contribution is -2.30. The smallest absolute Gasteiger partial charge is 0.278 e. The second-order valence-corrected chi connectivity index (χ2v) is 13.5. The molecule has 4 heterocycles. The van der Waals surface area contributed by atoms with E-state index in [1.54, 1.807) is 34.7 Å². The Morgan fingerprint density at radius 1 is 0.926 bits per heavy atom. The second kappa shape index (κ2) is 17.0. The molecule has 6 aromatic rings. The molecule has 3 aromatic heterocycles. The number of amides is 1. The van der Waals surface area contributed by atoms with Gasteiger partial charge in [0.25, 0.3) is 5.91 Å². The molecule has 54 heavy (non-hydrogen) atoms. The number of anilines is 1. The van der Waals surface area contributed by atoms with Crippen LogP contribution in [0, 0.1) is 6.92 Å². The van der Waals surface area contributed by atoms with Crippen LogP contribution in [0.25, 0.3) is 27.3 Å². The topological polar surface area (TPSA) is 137 Å². The number of halogens is 1. The first-order chi connectivity index (χ1) is 26.3. The Kier molecular flexibility index (Phi) is 11.8. The lowest BCUT2D eigenvalue weighted by Gasteiger charge is -2.17. The van der Waals surface area contributed by atoms with Crippen LogP contribution in [0.3, 0.4) is 0 Å². The minimum atomic E-state index is -0.285. The molecule has 1 aliphatic heterocycles. The number of Topliss-reactive ketones (excluding diaryl/α,β-unsaturated/α-hetero) is 1. The van der Waals surface area contributed by atoms with Crippen molar-refractivity contribution in [3.63, 3.8) is 0 Å². The van der Waals surface area contributed by atoms with Crippen molar-refractivity contribution in [2.24, 2.45) is 0 Å². The van der Waals surface area contributed by atoms with Crippen molar-refractivity contribution in [1.82, 2.24) is 14.4 Å². The molecule has 1 amide bonds. The Morgan fingerprint density at radius 2 is 1.69 bits per heavy atom. The fourth-order valence-corrected chi connectivity index (χ4v) is 7.19. The van der Waals surface area contributed by atoms with E-state index in [0.29, 0.717) is 88.1 Å². The predicted octanol–water partition coefficient (Wildman–Crippen LogP) is 6.47. The molecule has 0 unspecified atom stereocenters. The first-order valence-electron chi connectivity index (χ1n) is 18.0. The maximum atomic E-state index is 13.9. The number of carbonyl (C=O) groups excluding carboxylic acids is 2. The number of hydrogen-bond acceptors (Lipinski definition) is 9. The molecule has 3 aromatic carbocycles. The SMILES string of the molecule is COCCOCCOCCOCCOc1ccc2[nH]c(C(=O)Cc3ccc4nc(C(=O)N5C[C@@H](CCl)c6c5cc(O)c5cccc(C)c65)cn4c3)cc2c1. The van der Waals surface area contributed by atoms with Crippen molar-refractivity contribution in [2.45, 2.75) is 19.3 Å². The molecular weight excluding hydrogens is 712 g/mol. The highest BCUT2D eigenvalue weighted by atomic mass is 35.5. The first-order valence-corrected chi connectivity index (χ1v) is 18.5. The van der Waals surface area contributed by atoms with Gasteiger partial charge in [0, 0.05) is 66.6 Å². The van der Waals surface area contributed by atoms with Crippen LogP contribution >= 0.6 is 11.6 Å². The Morgan fingerprint density at radius 3 is 2.44 bits per heavy atom. The molecule has 2 N–H and O–H groups in total. The van der Waals surface area contributed by atoms with Gasteiger partial charge in [-0.3, -0.25) is 9.59 Å². The maximum Gasteiger partial charge on any atom is 0.278 e. The summed E-state index contributed by atoms with van der Waals surface area (Å²) in [5.74, 6) is 0.674. The number of ether oxygens (including phenoxy) is 5. The van der Waals surface area contributed by atoms with Crippen molar-refractivity contribution in [1.29, 1.82) is 0 Å². The molecule has 282 valence electrons. The molecule has 1 atom stereocenters. The minimum absolute atomic E-state index is 0.0790. The largest absolute Gasteiger partial charge is 0.507 e. The van der Waals surface area contributed by atoms with Crippen LogP contribution in [-0.4, -0.2) is 104 Å². The zero-order chi connectivity index (χ0) is 37.6. The number of carbonyl (C=O) groups is 2. The molecule has 0 aliphatic carbocycles. The van der Waals surface area contributed by atoms with E-state index in [1.165, 1.54) is 0 Å². The standard InChI is InChI=1S/C41H43ClN4O8/c1-26-4-3-5-31-36(47)21-35-40(39(26)31)29(22-42)24-46(35)41(49)34-25-45-23-27(6-9-38(45)44-34)18-37(48)33-20-28-19-30(7-8-32(28)43-33)54-17-16-53-15-14-52-13-12-51-11-10-50-2/h3-9,19-21,23,25,29,43,47H,10-18,22,24H2,1-2H3/t29-/m1/s1. The van der Waals surface area contributed by atoms with E-state index in [-0.39, 0.29) is 35.5 Å². The number of aromatic hydroxyl groups is 1. The van der Waals surface area contributed by atoms with Gasteiger partial charge in [-0.15, -0.1) is 11.6 Å². The van der Waals surface area contributed by atoms with Gasteiger partial charge in [-0.2, -0.15) is 0 Å². The summed E-state index contributed by atoms with van der Waals surface area (Å²) in [4.78, 5) is 36.8. The van der Waals surface area contributed by atoms with Gasteiger partial charge in [0.1, 0.15) is 29.4 Å². The van der Waals surface area contributed by atoms with Gasteiger partial charge in [0.2, 0.25) is 0 Å². The van der Waals surface area contributed by atoms with Crippen molar-refractivity contribution < 1.29 is 38.4 Å². The van der Waals surface area contributed by atoms with E-state index in [0.717, 1.165) is 38.4 Å². The van der Waals surface area contributed by atoms with Crippen LogP contribution in [0.15, 0.2) is 73.1 Å². The molecule has 0 saturated heterocycles. The second-order valence-electron chi connectivity index (χ2n) is 13.2. The van der Waals surface area contributed by atoms with E-state index in [1.807, 2.05) is 61.7 Å². The summed E-state index contributed by atoms with van der Waals surface area (Å²) in [6, 6.07) is 18.5. The number of pyridine rings is 1. The number of rotatable bonds is 18.